The summed E-state index contributed by atoms with van der Waals surface area (Å²) in [5, 5.41) is 7.91. The Kier molecular flexibility index (Phi) is 6.27. The second-order valence-electron chi connectivity index (χ2n) is 6.97. The highest BCUT2D eigenvalue weighted by atomic mass is 16.2. The van der Waals surface area contributed by atoms with Crippen LogP contribution in [0.3, 0.4) is 0 Å². The van der Waals surface area contributed by atoms with Crippen molar-refractivity contribution in [2.24, 2.45) is 11.3 Å². The molecular weight excluding hydrogens is 336 g/mol. The third-order valence-electron chi connectivity index (χ3n) is 5.32. The first-order chi connectivity index (χ1) is 13.2. The fourth-order valence-electron chi connectivity index (χ4n) is 3.68. The normalized spacial score (nSPS) is 16.6. The maximum atomic E-state index is 12.7. The zero-order valence-corrected chi connectivity index (χ0v) is 15.8. The van der Waals surface area contributed by atoms with Crippen molar-refractivity contribution < 1.29 is 4.79 Å². The van der Waals surface area contributed by atoms with E-state index in [1.54, 1.807) is 12.1 Å². The van der Waals surface area contributed by atoms with Crippen LogP contribution in [0.1, 0.15) is 24.8 Å². The Hall–Kier alpha value is -2.63. The Bertz CT molecular complexity index is 767. The number of rotatable bonds is 6. The van der Waals surface area contributed by atoms with E-state index in [9.17, 15) is 4.79 Å². The summed E-state index contributed by atoms with van der Waals surface area (Å²) < 4.78 is 0. The van der Waals surface area contributed by atoms with Crippen LogP contribution < -0.4 is 21.5 Å². The summed E-state index contributed by atoms with van der Waals surface area (Å²) in [6, 6.07) is 20.0. The number of benzene rings is 2. The van der Waals surface area contributed by atoms with Gasteiger partial charge in [-0.2, -0.15) is 0 Å². The Morgan fingerprint density at radius 3 is 2.30 bits per heavy atom. The average Bonchev–Trinajstić information content (AvgIpc) is 2.75. The molecule has 2 aromatic rings. The summed E-state index contributed by atoms with van der Waals surface area (Å²) >= 11 is 0. The third kappa shape index (κ3) is 4.38. The summed E-state index contributed by atoms with van der Waals surface area (Å²) in [7, 11) is 1.72. The van der Waals surface area contributed by atoms with Gasteiger partial charge in [-0.15, -0.1) is 0 Å². The molecule has 1 aliphatic rings. The highest BCUT2D eigenvalue weighted by Gasteiger charge is 2.38. The number of hydrazine groups is 1. The molecule has 3 rings (SSSR count). The average molecular weight is 364 g/mol. The summed E-state index contributed by atoms with van der Waals surface area (Å²) in [5.41, 5.74) is 2.46. The van der Waals surface area contributed by atoms with Gasteiger partial charge in [-0.05, 0) is 50.0 Å². The molecule has 1 fully saturated rings. The van der Waals surface area contributed by atoms with Crippen LogP contribution in [0.2, 0.25) is 0 Å². The lowest BCUT2D eigenvalue weighted by Gasteiger charge is -2.35. The fourth-order valence-corrected chi connectivity index (χ4v) is 3.68. The molecule has 1 heterocycles. The van der Waals surface area contributed by atoms with Gasteiger partial charge in [0.25, 0.3) is 0 Å². The van der Waals surface area contributed by atoms with Crippen molar-refractivity contribution in [3.8, 4) is 0 Å². The minimum Gasteiger partial charge on any atom is -0.359 e. The van der Waals surface area contributed by atoms with Crippen LogP contribution in [-0.2, 0) is 4.79 Å². The Balaban J connectivity index is 1.95. The SMILES string of the molecule is CNC(=O)C1(C/C=C(/c2ccccc2)N(N)c2ccccc2)CCNCC1. The zero-order chi connectivity index (χ0) is 19.1. The van der Waals surface area contributed by atoms with Crippen molar-refractivity contribution in [1.82, 2.24) is 10.6 Å². The molecule has 4 N–H and O–H groups in total. The van der Waals surface area contributed by atoms with Gasteiger partial charge in [-0.1, -0.05) is 54.6 Å². The molecule has 0 aliphatic carbocycles. The first kappa shape index (κ1) is 19.1. The van der Waals surface area contributed by atoms with Crippen molar-refractivity contribution in [3.63, 3.8) is 0 Å². The fraction of sp³-hybridized carbons (Fsp3) is 0.318. The number of nitrogens with two attached hydrogens (primary N) is 1. The number of piperidine rings is 1. The van der Waals surface area contributed by atoms with Crippen LogP contribution in [0.5, 0.6) is 0 Å². The Morgan fingerprint density at radius 1 is 1.11 bits per heavy atom. The van der Waals surface area contributed by atoms with Crippen LogP contribution >= 0.6 is 0 Å². The van der Waals surface area contributed by atoms with E-state index in [4.69, 9.17) is 5.84 Å². The van der Waals surface area contributed by atoms with E-state index in [-0.39, 0.29) is 5.91 Å². The minimum atomic E-state index is -0.391. The number of para-hydroxylation sites is 1. The van der Waals surface area contributed by atoms with Gasteiger partial charge >= 0.3 is 0 Å². The number of carbonyl (C=O) groups is 1. The van der Waals surface area contributed by atoms with Crippen molar-refractivity contribution in [3.05, 3.63) is 72.3 Å². The van der Waals surface area contributed by atoms with E-state index in [2.05, 4.69) is 16.7 Å². The maximum absolute atomic E-state index is 12.7. The molecule has 1 amide bonds. The molecule has 1 saturated heterocycles. The molecule has 0 atom stereocenters. The molecule has 1 aliphatic heterocycles. The lowest BCUT2D eigenvalue weighted by molar-refractivity contribution is -0.131. The molecule has 0 saturated carbocycles. The molecule has 0 radical (unpaired) electrons. The lowest BCUT2D eigenvalue weighted by atomic mass is 9.75. The van der Waals surface area contributed by atoms with Crippen molar-refractivity contribution in [2.45, 2.75) is 19.3 Å². The monoisotopic (exact) mass is 364 g/mol. The van der Waals surface area contributed by atoms with E-state index in [0.717, 1.165) is 42.9 Å². The summed E-state index contributed by atoms with van der Waals surface area (Å²) in [6.07, 6.45) is 4.41. The lowest BCUT2D eigenvalue weighted by Crippen LogP contribution is -2.46. The van der Waals surface area contributed by atoms with Gasteiger partial charge in [0.15, 0.2) is 0 Å². The van der Waals surface area contributed by atoms with Gasteiger partial charge in [-0.25, -0.2) is 5.84 Å². The van der Waals surface area contributed by atoms with Crippen LogP contribution in [0.4, 0.5) is 5.69 Å². The number of nitrogens with one attached hydrogen (secondary N) is 2. The first-order valence-corrected chi connectivity index (χ1v) is 9.45. The predicted molar refractivity (Wildman–Crippen MR) is 111 cm³/mol. The van der Waals surface area contributed by atoms with Gasteiger partial charge in [0, 0.05) is 7.05 Å². The molecule has 0 bridgehead atoms. The number of allylic oxidation sites excluding steroid dienone is 1. The smallest absolute Gasteiger partial charge is 0.226 e. The number of hydrogen-bond acceptors (Lipinski definition) is 4. The third-order valence-corrected chi connectivity index (χ3v) is 5.32. The summed E-state index contributed by atoms with van der Waals surface area (Å²) in [6.45, 7) is 1.71. The molecule has 142 valence electrons. The molecule has 2 aromatic carbocycles. The number of anilines is 1. The van der Waals surface area contributed by atoms with E-state index in [1.807, 2.05) is 60.7 Å². The number of hydrogen-bond donors (Lipinski definition) is 3. The zero-order valence-electron chi connectivity index (χ0n) is 15.8. The molecule has 0 spiro atoms. The van der Waals surface area contributed by atoms with Crippen molar-refractivity contribution in [2.75, 3.05) is 25.1 Å². The number of carbonyl (C=O) groups excluding carboxylic acids is 1. The predicted octanol–water partition coefficient (Wildman–Crippen LogP) is 2.91. The van der Waals surface area contributed by atoms with Crippen LogP contribution in [0.15, 0.2) is 66.7 Å². The van der Waals surface area contributed by atoms with E-state index in [1.165, 1.54) is 0 Å². The highest BCUT2D eigenvalue weighted by molar-refractivity contribution is 5.84. The summed E-state index contributed by atoms with van der Waals surface area (Å²) in [4.78, 5) is 12.7. The largest absolute Gasteiger partial charge is 0.359 e. The first-order valence-electron chi connectivity index (χ1n) is 9.45. The van der Waals surface area contributed by atoms with Gasteiger partial charge in [0.2, 0.25) is 5.91 Å². The van der Waals surface area contributed by atoms with Crippen molar-refractivity contribution in [1.29, 1.82) is 0 Å². The number of nitrogens with zero attached hydrogens (tertiary/aromatic N) is 1. The molecule has 27 heavy (non-hydrogen) atoms. The molecule has 0 unspecified atom stereocenters. The topological polar surface area (TPSA) is 70.4 Å². The van der Waals surface area contributed by atoms with Crippen molar-refractivity contribution >= 4 is 17.3 Å². The van der Waals surface area contributed by atoms with E-state index >= 15 is 0 Å². The van der Waals surface area contributed by atoms with E-state index in [0.29, 0.717) is 6.42 Å². The Morgan fingerprint density at radius 2 is 1.70 bits per heavy atom. The van der Waals surface area contributed by atoms with Gasteiger partial charge < -0.3 is 10.6 Å². The number of amides is 1. The summed E-state index contributed by atoms with van der Waals surface area (Å²) in [5.74, 6) is 6.60. The molecule has 5 heteroatoms. The molecular formula is C22H28N4O. The minimum absolute atomic E-state index is 0.107. The highest BCUT2D eigenvalue weighted by Crippen LogP contribution is 2.35. The molecule has 5 nitrogen and oxygen atoms in total. The van der Waals surface area contributed by atoms with Gasteiger partial charge in [0.05, 0.1) is 16.8 Å². The van der Waals surface area contributed by atoms with Gasteiger partial charge in [-0.3, -0.25) is 9.80 Å². The standard InChI is InChI=1S/C22H28N4O/c1-24-21(27)22(14-16-25-17-15-22)13-12-20(18-8-4-2-5-9-18)26(23)19-10-6-3-7-11-19/h2-12,25H,13-17,23H2,1H3,(H,24,27)/b20-12-. The van der Waals surface area contributed by atoms with Crippen LogP contribution in [-0.4, -0.2) is 26.0 Å². The Labute approximate surface area is 161 Å². The second-order valence-corrected chi connectivity index (χ2v) is 6.97. The van der Waals surface area contributed by atoms with Crippen LogP contribution in [0.25, 0.3) is 5.70 Å². The quantitative estimate of drug-likeness (QED) is 0.544. The second kappa shape index (κ2) is 8.84. The van der Waals surface area contributed by atoms with E-state index < -0.39 is 5.41 Å². The maximum Gasteiger partial charge on any atom is 0.226 e. The molecule has 0 aromatic heterocycles. The van der Waals surface area contributed by atoms with Crippen LogP contribution in [0, 0.1) is 5.41 Å². The van der Waals surface area contributed by atoms with Gasteiger partial charge in [0.1, 0.15) is 0 Å².